The lowest BCUT2D eigenvalue weighted by molar-refractivity contribution is 0.0831. The van der Waals surface area contributed by atoms with Gasteiger partial charge < -0.3 is 4.42 Å². The molecule has 0 aliphatic heterocycles. The van der Waals surface area contributed by atoms with Gasteiger partial charge in [0.15, 0.2) is 5.76 Å². The summed E-state index contributed by atoms with van der Waals surface area (Å²) in [4.78, 5) is 24.8. The maximum Gasteiger partial charge on any atom is 0.305 e. The highest BCUT2D eigenvalue weighted by Crippen LogP contribution is 2.25. The van der Waals surface area contributed by atoms with Gasteiger partial charge in [0.2, 0.25) is 0 Å². The van der Waals surface area contributed by atoms with Crippen molar-refractivity contribution in [3.63, 3.8) is 0 Å². The predicted molar refractivity (Wildman–Crippen MR) is 114 cm³/mol. The summed E-state index contributed by atoms with van der Waals surface area (Å²) in [6, 6.07) is 14.2. The molecule has 0 aliphatic carbocycles. The number of aryl methyl sites for hydroxylation is 2. The molecule has 2 aromatic carbocycles. The van der Waals surface area contributed by atoms with Crippen LogP contribution >= 0.6 is 11.6 Å². The summed E-state index contributed by atoms with van der Waals surface area (Å²) in [5, 5.41) is 5.86. The number of nitrogens with zero attached hydrogens (tertiary/aromatic N) is 2. The van der Waals surface area contributed by atoms with Gasteiger partial charge in [0.25, 0.3) is 5.91 Å². The quantitative estimate of drug-likeness (QED) is 0.482. The standard InChI is InChI=1S/C22H19ClN4O3/c1-12-17-6-4-5-7-18(17)30-20(12)22(29)25-24-21(28)15-8-10-16(11-9-15)27-14(3)19(23)13(2)26-27/h4-11H,1-3H3,(H,24,28)(H,25,29). The van der Waals surface area contributed by atoms with E-state index in [1.165, 1.54) is 0 Å². The summed E-state index contributed by atoms with van der Waals surface area (Å²) in [6.45, 7) is 5.51. The molecule has 2 aromatic heterocycles. The summed E-state index contributed by atoms with van der Waals surface area (Å²) >= 11 is 6.19. The van der Waals surface area contributed by atoms with Gasteiger partial charge in [-0.1, -0.05) is 29.8 Å². The van der Waals surface area contributed by atoms with Crippen LogP contribution in [0, 0.1) is 20.8 Å². The van der Waals surface area contributed by atoms with Crippen LogP contribution in [-0.4, -0.2) is 21.6 Å². The Labute approximate surface area is 177 Å². The fourth-order valence-corrected chi connectivity index (χ4v) is 3.38. The van der Waals surface area contributed by atoms with Crippen LogP contribution in [0.3, 0.4) is 0 Å². The number of benzene rings is 2. The molecule has 2 heterocycles. The van der Waals surface area contributed by atoms with E-state index in [0.717, 1.165) is 22.5 Å². The van der Waals surface area contributed by atoms with E-state index in [1.807, 2.05) is 32.0 Å². The molecule has 2 N–H and O–H groups in total. The first-order chi connectivity index (χ1) is 14.4. The minimum atomic E-state index is -0.522. The molecule has 0 aliphatic rings. The van der Waals surface area contributed by atoms with Crippen molar-refractivity contribution in [1.82, 2.24) is 20.6 Å². The molecule has 4 aromatic rings. The third kappa shape index (κ3) is 3.44. The van der Waals surface area contributed by atoms with Crippen molar-refractivity contribution >= 4 is 34.4 Å². The topological polar surface area (TPSA) is 89.2 Å². The molecule has 0 spiro atoms. The van der Waals surface area contributed by atoms with Crippen LogP contribution in [0.2, 0.25) is 5.02 Å². The van der Waals surface area contributed by atoms with E-state index in [0.29, 0.717) is 21.7 Å². The first kappa shape index (κ1) is 19.7. The van der Waals surface area contributed by atoms with Gasteiger partial charge in [-0.15, -0.1) is 0 Å². The van der Waals surface area contributed by atoms with Crippen LogP contribution in [-0.2, 0) is 0 Å². The molecule has 152 valence electrons. The van der Waals surface area contributed by atoms with Crippen LogP contribution in [0.15, 0.2) is 52.9 Å². The van der Waals surface area contributed by atoms with Crippen LogP contribution in [0.1, 0.15) is 37.9 Å². The van der Waals surface area contributed by atoms with E-state index in [4.69, 9.17) is 16.0 Å². The Hall–Kier alpha value is -3.58. The predicted octanol–water partition coefficient (Wildman–Crippen LogP) is 4.27. The summed E-state index contributed by atoms with van der Waals surface area (Å²) in [5.41, 5.74) is 8.85. The van der Waals surface area contributed by atoms with Crippen molar-refractivity contribution in [1.29, 1.82) is 0 Å². The van der Waals surface area contributed by atoms with Crippen LogP contribution in [0.4, 0.5) is 0 Å². The van der Waals surface area contributed by atoms with Gasteiger partial charge >= 0.3 is 5.91 Å². The lowest BCUT2D eigenvalue weighted by atomic mass is 10.1. The number of carbonyl (C=O) groups excluding carboxylic acids is 2. The lowest BCUT2D eigenvalue weighted by Crippen LogP contribution is -2.41. The zero-order valence-corrected chi connectivity index (χ0v) is 17.4. The number of nitrogens with one attached hydrogen (secondary N) is 2. The van der Waals surface area contributed by atoms with Crippen molar-refractivity contribution in [2.45, 2.75) is 20.8 Å². The summed E-state index contributed by atoms with van der Waals surface area (Å²) in [6.07, 6.45) is 0. The molecule has 0 fully saturated rings. The molecular weight excluding hydrogens is 404 g/mol. The summed E-state index contributed by atoms with van der Waals surface area (Å²) in [5.74, 6) is -0.811. The van der Waals surface area contributed by atoms with E-state index in [9.17, 15) is 9.59 Å². The molecule has 0 saturated carbocycles. The Morgan fingerprint density at radius 2 is 1.63 bits per heavy atom. The number of aromatic nitrogens is 2. The van der Waals surface area contributed by atoms with Gasteiger partial charge in [-0.25, -0.2) is 4.68 Å². The van der Waals surface area contributed by atoms with Crippen molar-refractivity contribution < 1.29 is 14.0 Å². The number of para-hydroxylation sites is 1. The zero-order chi connectivity index (χ0) is 21.4. The van der Waals surface area contributed by atoms with Crippen LogP contribution < -0.4 is 10.9 Å². The number of furan rings is 1. The molecular formula is C22H19ClN4O3. The number of fused-ring (bicyclic) bond motifs is 1. The van der Waals surface area contributed by atoms with Crippen LogP contribution in [0.25, 0.3) is 16.7 Å². The number of amides is 2. The highest BCUT2D eigenvalue weighted by molar-refractivity contribution is 6.31. The SMILES string of the molecule is Cc1nn(-c2ccc(C(=O)NNC(=O)c3oc4ccccc4c3C)cc2)c(C)c1Cl. The van der Waals surface area contributed by atoms with Gasteiger partial charge in [-0.05, 0) is 51.1 Å². The highest BCUT2D eigenvalue weighted by Gasteiger charge is 2.18. The minimum Gasteiger partial charge on any atom is -0.451 e. The zero-order valence-electron chi connectivity index (χ0n) is 16.6. The van der Waals surface area contributed by atoms with Crippen molar-refractivity contribution in [3.05, 3.63) is 81.8 Å². The normalized spacial score (nSPS) is 10.9. The van der Waals surface area contributed by atoms with E-state index in [1.54, 1.807) is 41.9 Å². The molecule has 0 unspecified atom stereocenters. The second kappa shape index (κ2) is 7.68. The summed E-state index contributed by atoms with van der Waals surface area (Å²) in [7, 11) is 0. The number of hydrazine groups is 1. The van der Waals surface area contributed by atoms with E-state index in [-0.39, 0.29) is 5.76 Å². The Morgan fingerprint density at radius 3 is 2.27 bits per heavy atom. The lowest BCUT2D eigenvalue weighted by Gasteiger charge is -2.08. The van der Waals surface area contributed by atoms with Gasteiger partial charge in [-0.3, -0.25) is 20.4 Å². The molecule has 30 heavy (non-hydrogen) atoms. The number of carbonyl (C=O) groups is 2. The van der Waals surface area contributed by atoms with E-state index >= 15 is 0 Å². The van der Waals surface area contributed by atoms with Gasteiger partial charge in [0.1, 0.15) is 5.58 Å². The molecule has 0 atom stereocenters. The highest BCUT2D eigenvalue weighted by atomic mass is 35.5. The van der Waals surface area contributed by atoms with E-state index < -0.39 is 11.8 Å². The number of halogens is 1. The van der Waals surface area contributed by atoms with E-state index in [2.05, 4.69) is 16.0 Å². The summed E-state index contributed by atoms with van der Waals surface area (Å²) < 4.78 is 7.32. The molecule has 2 amide bonds. The largest absolute Gasteiger partial charge is 0.451 e. The minimum absolute atomic E-state index is 0.160. The number of hydrogen-bond donors (Lipinski definition) is 2. The maximum atomic E-state index is 12.4. The number of rotatable bonds is 3. The second-order valence-electron chi connectivity index (χ2n) is 6.90. The van der Waals surface area contributed by atoms with Gasteiger partial charge in [-0.2, -0.15) is 5.10 Å². The number of hydrogen-bond acceptors (Lipinski definition) is 4. The molecule has 4 rings (SSSR count). The van der Waals surface area contributed by atoms with Crippen molar-refractivity contribution in [2.75, 3.05) is 0 Å². The first-order valence-electron chi connectivity index (χ1n) is 9.28. The Bertz CT molecular complexity index is 1270. The van der Waals surface area contributed by atoms with Crippen molar-refractivity contribution in [2.24, 2.45) is 0 Å². The average molecular weight is 423 g/mol. The average Bonchev–Trinajstić information content (AvgIpc) is 3.23. The third-order valence-corrected chi connectivity index (χ3v) is 5.46. The van der Waals surface area contributed by atoms with Crippen molar-refractivity contribution in [3.8, 4) is 5.69 Å². The molecule has 0 saturated heterocycles. The Kier molecular flexibility index (Phi) is 5.05. The Morgan fingerprint density at radius 1 is 0.967 bits per heavy atom. The monoisotopic (exact) mass is 422 g/mol. The fourth-order valence-electron chi connectivity index (χ4n) is 3.26. The molecule has 7 nitrogen and oxygen atoms in total. The maximum absolute atomic E-state index is 12.4. The molecule has 8 heteroatoms. The third-order valence-electron chi connectivity index (χ3n) is 4.92. The van der Waals surface area contributed by atoms with Crippen LogP contribution in [0.5, 0.6) is 0 Å². The second-order valence-corrected chi connectivity index (χ2v) is 7.28. The smallest absolute Gasteiger partial charge is 0.305 e. The first-order valence-corrected chi connectivity index (χ1v) is 9.65. The van der Waals surface area contributed by atoms with Gasteiger partial charge in [0, 0.05) is 16.5 Å². The van der Waals surface area contributed by atoms with Gasteiger partial charge in [0.05, 0.1) is 22.1 Å². The molecule has 0 radical (unpaired) electrons. The fraction of sp³-hybridized carbons (Fsp3) is 0.136. The molecule has 0 bridgehead atoms. The Balaban J connectivity index is 1.45.